The molecule has 148 valence electrons. The van der Waals surface area contributed by atoms with Crippen molar-refractivity contribution in [3.05, 3.63) is 59.6 Å². The molecule has 6 nitrogen and oxygen atoms in total. The first-order valence-corrected chi connectivity index (χ1v) is 10.0. The number of nitrogens with zero attached hydrogens (tertiary/aromatic N) is 3. The molecule has 1 aliphatic heterocycles. The number of aryl methyl sites for hydroxylation is 1. The molecule has 4 N–H and O–H groups in total. The van der Waals surface area contributed by atoms with Crippen LogP contribution in [0.3, 0.4) is 0 Å². The second kappa shape index (κ2) is 8.48. The largest absolute Gasteiger partial charge is 0.361 e. The van der Waals surface area contributed by atoms with Crippen molar-refractivity contribution in [1.82, 2.24) is 14.9 Å². The Hall–Kier alpha value is -3.14. The second-order valence-electron chi connectivity index (χ2n) is 7.61. The number of aromatic nitrogens is 2. The maximum absolute atomic E-state index is 9.60. The summed E-state index contributed by atoms with van der Waals surface area (Å²) in [7, 11) is 0. The smallest absolute Gasteiger partial charge is 0.103 e. The minimum Gasteiger partial charge on any atom is -0.361 e. The Balaban J connectivity index is 1.58. The van der Waals surface area contributed by atoms with Crippen LogP contribution in [-0.4, -0.2) is 40.5 Å². The third kappa shape index (κ3) is 4.16. The van der Waals surface area contributed by atoms with Crippen molar-refractivity contribution < 1.29 is 0 Å². The van der Waals surface area contributed by atoms with E-state index < -0.39 is 0 Å². The van der Waals surface area contributed by atoms with Crippen molar-refractivity contribution in [2.45, 2.75) is 25.8 Å². The first-order chi connectivity index (χ1) is 14.2. The van der Waals surface area contributed by atoms with E-state index in [1.807, 2.05) is 12.3 Å². The van der Waals surface area contributed by atoms with Crippen molar-refractivity contribution in [2.24, 2.45) is 5.73 Å². The first-order valence-electron chi connectivity index (χ1n) is 10.0. The van der Waals surface area contributed by atoms with E-state index in [0.717, 1.165) is 60.5 Å². The number of piperidine rings is 1. The molecule has 3 heterocycles. The molecule has 1 aromatic carbocycles. The van der Waals surface area contributed by atoms with E-state index in [9.17, 15) is 5.26 Å². The highest BCUT2D eigenvalue weighted by molar-refractivity contribution is 5.89. The molecule has 0 atom stereocenters. The third-order valence-corrected chi connectivity index (χ3v) is 5.65. The van der Waals surface area contributed by atoms with Gasteiger partial charge in [-0.05, 0) is 56.6 Å². The van der Waals surface area contributed by atoms with E-state index in [2.05, 4.69) is 57.5 Å². The standard InChI is InChI=1S/C23H26N6/c1-16-20-6-9-27-22(20)5-4-21(16)28-23-17(14-26-15-18(23)13-24)3-2-10-29-11-7-19(25)8-12-29/h2-6,9,14-15,19,27H,7-8,10-12,25H2,1H3,(H,26,28). The van der Waals surface area contributed by atoms with Crippen molar-refractivity contribution in [2.75, 3.05) is 25.0 Å². The number of nitrogens with two attached hydrogens (primary N) is 1. The van der Waals surface area contributed by atoms with Gasteiger partial charge >= 0.3 is 0 Å². The summed E-state index contributed by atoms with van der Waals surface area (Å²) in [4.78, 5) is 9.88. The van der Waals surface area contributed by atoms with Crippen LogP contribution in [0.5, 0.6) is 0 Å². The minimum absolute atomic E-state index is 0.336. The molecule has 0 unspecified atom stereocenters. The van der Waals surface area contributed by atoms with Crippen LogP contribution in [0.2, 0.25) is 0 Å². The highest BCUT2D eigenvalue weighted by atomic mass is 15.1. The summed E-state index contributed by atoms with van der Waals surface area (Å²) in [6, 6.07) is 8.76. The summed E-state index contributed by atoms with van der Waals surface area (Å²) in [5.74, 6) is 0. The molecule has 1 saturated heterocycles. The van der Waals surface area contributed by atoms with Gasteiger partial charge in [0.05, 0.1) is 11.3 Å². The number of hydrogen-bond donors (Lipinski definition) is 3. The first kappa shape index (κ1) is 19.2. The summed E-state index contributed by atoms with van der Waals surface area (Å²) in [6.07, 6.45) is 11.6. The van der Waals surface area contributed by atoms with Crippen LogP contribution in [0.25, 0.3) is 17.0 Å². The number of benzene rings is 1. The van der Waals surface area contributed by atoms with Gasteiger partial charge in [0.1, 0.15) is 6.07 Å². The van der Waals surface area contributed by atoms with Crippen LogP contribution >= 0.6 is 0 Å². The third-order valence-electron chi connectivity index (χ3n) is 5.65. The van der Waals surface area contributed by atoms with Gasteiger partial charge < -0.3 is 16.0 Å². The zero-order valence-corrected chi connectivity index (χ0v) is 16.7. The Kier molecular flexibility index (Phi) is 5.61. The second-order valence-corrected chi connectivity index (χ2v) is 7.61. The van der Waals surface area contributed by atoms with Gasteiger partial charge in [0, 0.05) is 53.3 Å². The van der Waals surface area contributed by atoms with Gasteiger partial charge in [0.15, 0.2) is 0 Å². The SMILES string of the molecule is Cc1c(Nc2c(C#N)cncc2C=CCN2CCC(N)CC2)ccc2[nH]ccc12. The number of nitrogens with one attached hydrogen (secondary N) is 2. The topological polar surface area (TPSA) is 93.8 Å². The molecular formula is C23H26N6. The fraction of sp³-hybridized carbons (Fsp3) is 0.304. The van der Waals surface area contributed by atoms with Gasteiger partial charge in [-0.15, -0.1) is 0 Å². The van der Waals surface area contributed by atoms with Crippen LogP contribution in [0, 0.1) is 18.3 Å². The van der Waals surface area contributed by atoms with E-state index in [4.69, 9.17) is 5.73 Å². The maximum Gasteiger partial charge on any atom is 0.103 e. The van der Waals surface area contributed by atoms with Gasteiger partial charge in [-0.1, -0.05) is 12.2 Å². The Morgan fingerprint density at radius 3 is 2.93 bits per heavy atom. The Bertz CT molecular complexity index is 1070. The number of aromatic amines is 1. The lowest BCUT2D eigenvalue weighted by Gasteiger charge is -2.28. The van der Waals surface area contributed by atoms with Crippen molar-refractivity contribution in [1.29, 1.82) is 5.26 Å². The summed E-state index contributed by atoms with van der Waals surface area (Å²) in [6.45, 7) is 5.02. The lowest BCUT2D eigenvalue weighted by atomic mass is 10.1. The number of anilines is 2. The predicted molar refractivity (Wildman–Crippen MR) is 118 cm³/mol. The molecule has 2 aromatic heterocycles. The maximum atomic E-state index is 9.60. The van der Waals surface area contributed by atoms with E-state index in [0.29, 0.717) is 11.6 Å². The summed E-state index contributed by atoms with van der Waals surface area (Å²) in [5, 5.41) is 14.3. The van der Waals surface area contributed by atoms with Gasteiger partial charge in [-0.3, -0.25) is 9.88 Å². The number of H-pyrrole nitrogens is 1. The summed E-state index contributed by atoms with van der Waals surface area (Å²) < 4.78 is 0. The average Bonchev–Trinajstić information content (AvgIpc) is 3.22. The zero-order valence-electron chi connectivity index (χ0n) is 16.7. The summed E-state index contributed by atoms with van der Waals surface area (Å²) >= 11 is 0. The van der Waals surface area contributed by atoms with Crippen molar-refractivity contribution >= 4 is 28.4 Å². The molecule has 6 heteroatoms. The number of hydrogen-bond acceptors (Lipinski definition) is 5. The number of nitriles is 1. The quantitative estimate of drug-likeness (QED) is 0.618. The highest BCUT2D eigenvalue weighted by Crippen LogP contribution is 2.30. The van der Waals surface area contributed by atoms with Crippen LogP contribution in [0.1, 0.15) is 29.5 Å². The molecule has 3 aromatic rings. The number of pyridine rings is 1. The Morgan fingerprint density at radius 2 is 2.14 bits per heavy atom. The Morgan fingerprint density at radius 1 is 1.31 bits per heavy atom. The monoisotopic (exact) mass is 386 g/mol. The molecule has 0 radical (unpaired) electrons. The van der Waals surface area contributed by atoms with Gasteiger partial charge in [0.25, 0.3) is 0 Å². The van der Waals surface area contributed by atoms with E-state index >= 15 is 0 Å². The van der Waals surface area contributed by atoms with Gasteiger partial charge in [-0.25, -0.2) is 0 Å². The van der Waals surface area contributed by atoms with Crippen LogP contribution in [-0.2, 0) is 0 Å². The van der Waals surface area contributed by atoms with E-state index in [1.54, 1.807) is 12.4 Å². The average molecular weight is 387 g/mol. The van der Waals surface area contributed by atoms with Crippen LogP contribution < -0.4 is 11.1 Å². The molecule has 1 aliphatic rings. The summed E-state index contributed by atoms with van der Waals surface area (Å²) in [5.41, 5.74) is 11.4. The Labute approximate surface area is 171 Å². The predicted octanol–water partition coefficient (Wildman–Crippen LogP) is 3.92. The van der Waals surface area contributed by atoms with E-state index in [1.165, 1.54) is 5.39 Å². The molecule has 4 rings (SSSR count). The van der Waals surface area contributed by atoms with Crippen LogP contribution in [0.15, 0.2) is 42.9 Å². The highest BCUT2D eigenvalue weighted by Gasteiger charge is 2.15. The fourth-order valence-electron chi connectivity index (χ4n) is 3.85. The molecule has 0 amide bonds. The minimum atomic E-state index is 0.336. The zero-order chi connectivity index (χ0) is 20.2. The lowest BCUT2D eigenvalue weighted by Crippen LogP contribution is -2.39. The number of fused-ring (bicyclic) bond motifs is 1. The number of likely N-dealkylation sites (tertiary alicyclic amines) is 1. The van der Waals surface area contributed by atoms with Gasteiger partial charge in [0.2, 0.25) is 0 Å². The van der Waals surface area contributed by atoms with Crippen LogP contribution in [0.4, 0.5) is 11.4 Å². The molecule has 0 saturated carbocycles. The molecular weight excluding hydrogens is 360 g/mol. The lowest BCUT2D eigenvalue weighted by molar-refractivity contribution is 0.234. The molecule has 0 spiro atoms. The molecule has 0 bridgehead atoms. The fourth-order valence-corrected chi connectivity index (χ4v) is 3.85. The van der Waals surface area contributed by atoms with Crippen molar-refractivity contribution in [3.63, 3.8) is 0 Å². The normalized spacial score (nSPS) is 15.8. The molecule has 0 aliphatic carbocycles. The number of rotatable bonds is 5. The molecule has 1 fully saturated rings. The van der Waals surface area contributed by atoms with Crippen molar-refractivity contribution in [3.8, 4) is 6.07 Å². The van der Waals surface area contributed by atoms with Gasteiger partial charge in [-0.2, -0.15) is 5.26 Å². The molecule has 29 heavy (non-hydrogen) atoms. The van der Waals surface area contributed by atoms with E-state index in [-0.39, 0.29) is 0 Å².